The third kappa shape index (κ3) is 3.33. The molecule has 1 amide bonds. The summed E-state index contributed by atoms with van der Waals surface area (Å²) in [5, 5.41) is 12.9. The van der Waals surface area contributed by atoms with Gasteiger partial charge in [0.25, 0.3) is 0 Å². The summed E-state index contributed by atoms with van der Waals surface area (Å²) >= 11 is 3.34. The van der Waals surface area contributed by atoms with E-state index >= 15 is 0 Å². The Kier molecular flexibility index (Phi) is 4.40. The number of fused-ring (bicyclic) bond motifs is 1. The Morgan fingerprint density at radius 1 is 1.25 bits per heavy atom. The van der Waals surface area contributed by atoms with Crippen LogP contribution in [0.1, 0.15) is 11.1 Å². The molecule has 2 N–H and O–H groups in total. The zero-order chi connectivity index (χ0) is 17.3. The number of amides is 1. The highest BCUT2D eigenvalue weighted by Gasteiger charge is 2.15. The van der Waals surface area contributed by atoms with E-state index in [2.05, 4.69) is 21.2 Å². The zero-order valence-corrected chi connectivity index (χ0v) is 14.4. The number of aromatic hydroxyl groups is 1. The van der Waals surface area contributed by atoms with E-state index < -0.39 is 5.63 Å². The molecule has 122 valence electrons. The number of phenols is 1. The van der Waals surface area contributed by atoms with Crippen molar-refractivity contribution in [3.8, 4) is 5.75 Å². The lowest BCUT2D eigenvalue weighted by atomic mass is 10.0. The number of carbonyl (C=O) groups excluding carboxylic acids is 1. The number of rotatable bonds is 3. The minimum Gasteiger partial charge on any atom is -0.508 e. The lowest BCUT2D eigenvalue weighted by Gasteiger charge is -2.09. The molecule has 0 aliphatic carbocycles. The van der Waals surface area contributed by atoms with Gasteiger partial charge in [0.2, 0.25) is 5.91 Å². The summed E-state index contributed by atoms with van der Waals surface area (Å²) in [6.07, 6.45) is -0.0858. The van der Waals surface area contributed by atoms with E-state index in [4.69, 9.17) is 4.42 Å². The molecule has 0 aliphatic rings. The van der Waals surface area contributed by atoms with Crippen molar-refractivity contribution in [2.45, 2.75) is 13.3 Å². The average Bonchev–Trinajstić information content (AvgIpc) is 2.51. The lowest BCUT2D eigenvalue weighted by molar-refractivity contribution is -0.115. The predicted octanol–water partition coefficient (Wildman–Crippen LogP) is 3.75. The molecule has 3 aromatic rings. The van der Waals surface area contributed by atoms with Gasteiger partial charge in [0, 0.05) is 21.6 Å². The molecule has 0 unspecified atom stereocenters. The molecule has 6 heteroatoms. The first-order valence-electron chi connectivity index (χ1n) is 7.25. The summed E-state index contributed by atoms with van der Waals surface area (Å²) < 4.78 is 6.07. The van der Waals surface area contributed by atoms with Crippen LogP contribution in [0.3, 0.4) is 0 Å². The molecule has 1 heterocycles. The van der Waals surface area contributed by atoms with Gasteiger partial charge in [-0.25, -0.2) is 4.79 Å². The summed E-state index contributed by atoms with van der Waals surface area (Å²) in [6.45, 7) is 1.76. The topological polar surface area (TPSA) is 79.5 Å². The van der Waals surface area contributed by atoms with Gasteiger partial charge < -0.3 is 14.8 Å². The third-order valence-electron chi connectivity index (χ3n) is 3.72. The fourth-order valence-corrected chi connectivity index (χ4v) is 2.92. The van der Waals surface area contributed by atoms with E-state index in [1.807, 2.05) is 12.1 Å². The summed E-state index contributed by atoms with van der Waals surface area (Å²) in [7, 11) is 0. The molecule has 0 spiro atoms. The van der Waals surface area contributed by atoms with Gasteiger partial charge in [-0.2, -0.15) is 0 Å². The van der Waals surface area contributed by atoms with Gasteiger partial charge in [0.15, 0.2) is 0 Å². The van der Waals surface area contributed by atoms with Crippen LogP contribution in [0.2, 0.25) is 0 Å². The molecule has 24 heavy (non-hydrogen) atoms. The number of halogens is 1. The third-order valence-corrected chi connectivity index (χ3v) is 4.21. The van der Waals surface area contributed by atoms with Crippen molar-refractivity contribution in [2.24, 2.45) is 0 Å². The molecule has 0 saturated carbocycles. The highest BCUT2D eigenvalue weighted by Crippen LogP contribution is 2.24. The Bertz CT molecular complexity index is 994. The van der Waals surface area contributed by atoms with Crippen LogP contribution < -0.4 is 10.9 Å². The van der Waals surface area contributed by atoms with Crippen molar-refractivity contribution < 1.29 is 14.3 Å². The highest BCUT2D eigenvalue weighted by molar-refractivity contribution is 9.10. The smallest absolute Gasteiger partial charge is 0.340 e. The van der Waals surface area contributed by atoms with Gasteiger partial charge in [-0.15, -0.1) is 0 Å². The summed E-state index contributed by atoms with van der Waals surface area (Å²) in [6, 6.07) is 11.8. The first-order chi connectivity index (χ1) is 11.4. The van der Waals surface area contributed by atoms with Crippen molar-refractivity contribution in [3.63, 3.8) is 0 Å². The molecule has 0 saturated heterocycles. The van der Waals surface area contributed by atoms with Gasteiger partial charge in [-0.3, -0.25) is 4.79 Å². The van der Waals surface area contributed by atoms with Crippen molar-refractivity contribution >= 4 is 38.5 Å². The zero-order valence-electron chi connectivity index (χ0n) is 12.8. The quantitative estimate of drug-likeness (QED) is 0.670. The van der Waals surface area contributed by atoms with Crippen molar-refractivity contribution in [3.05, 3.63) is 68.5 Å². The number of aryl methyl sites for hydroxylation is 1. The molecule has 3 rings (SSSR count). The maximum atomic E-state index is 12.2. The second-order valence-electron chi connectivity index (χ2n) is 5.41. The fraction of sp³-hybridized carbons (Fsp3) is 0.111. The second kappa shape index (κ2) is 6.49. The number of benzene rings is 2. The van der Waals surface area contributed by atoms with E-state index in [0.29, 0.717) is 27.8 Å². The molecule has 0 atom stereocenters. The lowest BCUT2D eigenvalue weighted by Crippen LogP contribution is -2.20. The normalized spacial score (nSPS) is 10.8. The predicted molar refractivity (Wildman–Crippen MR) is 95.4 cm³/mol. The fourth-order valence-electron chi connectivity index (χ4n) is 2.52. The number of carbonyl (C=O) groups is 1. The van der Waals surface area contributed by atoms with Crippen LogP contribution in [0, 0.1) is 6.92 Å². The monoisotopic (exact) mass is 387 g/mol. The Hall–Kier alpha value is -2.60. The Morgan fingerprint density at radius 2 is 2.04 bits per heavy atom. The number of phenolic OH excluding ortho intramolecular Hbond substituents is 1. The first kappa shape index (κ1) is 16.3. The highest BCUT2D eigenvalue weighted by atomic mass is 79.9. The largest absolute Gasteiger partial charge is 0.508 e. The van der Waals surface area contributed by atoms with Crippen LogP contribution in [0.15, 0.2) is 56.1 Å². The summed E-state index contributed by atoms with van der Waals surface area (Å²) in [4.78, 5) is 24.4. The molecule has 0 fully saturated rings. The molecule has 0 radical (unpaired) electrons. The molecule has 0 aliphatic heterocycles. The molecule has 2 aromatic carbocycles. The van der Waals surface area contributed by atoms with Gasteiger partial charge in [-0.1, -0.05) is 22.0 Å². The summed E-state index contributed by atoms with van der Waals surface area (Å²) in [5.74, 6) is -0.285. The van der Waals surface area contributed by atoms with Crippen LogP contribution in [0.5, 0.6) is 5.75 Å². The standard InChI is InChI=1S/C18H14BrNO4/c1-10-14-6-5-13(21)8-16(14)24-18(23)15(10)9-17(22)20-12-4-2-3-11(19)7-12/h2-8,21H,9H2,1H3,(H,20,22). The van der Waals surface area contributed by atoms with Gasteiger partial charge >= 0.3 is 5.63 Å². The molecule has 1 aromatic heterocycles. The minimum absolute atomic E-state index is 0.0187. The number of hydrogen-bond donors (Lipinski definition) is 2. The number of hydrogen-bond acceptors (Lipinski definition) is 4. The Morgan fingerprint density at radius 3 is 2.79 bits per heavy atom. The summed E-state index contributed by atoms with van der Waals surface area (Å²) in [5.41, 5.74) is 1.34. The maximum Gasteiger partial charge on any atom is 0.340 e. The van der Waals surface area contributed by atoms with Crippen LogP contribution in [0.4, 0.5) is 5.69 Å². The van der Waals surface area contributed by atoms with Gasteiger partial charge in [0.1, 0.15) is 11.3 Å². The first-order valence-corrected chi connectivity index (χ1v) is 8.04. The Balaban J connectivity index is 1.91. The minimum atomic E-state index is -0.574. The van der Waals surface area contributed by atoms with Crippen LogP contribution >= 0.6 is 15.9 Å². The average molecular weight is 388 g/mol. The van der Waals surface area contributed by atoms with Crippen LogP contribution in [-0.2, 0) is 11.2 Å². The molecule has 0 bridgehead atoms. The number of nitrogens with one attached hydrogen (secondary N) is 1. The van der Waals surface area contributed by atoms with Crippen molar-refractivity contribution in [1.82, 2.24) is 0 Å². The van der Waals surface area contributed by atoms with Crippen LogP contribution in [-0.4, -0.2) is 11.0 Å². The Labute approximate surface area is 146 Å². The van der Waals surface area contributed by atoms with E-state index in [1.54, 1.807) is 25.1 Å². The van der Waals surface area contributed by atoms with Crippen molar-refractivity contribution in [2.75, 3.05) is 5.32 Å². The van der Waals surface area contributed by atoms with E-state index in [1.165, 1.54) is 12.1 Å². The molecular weight excluding hydrogens is 374 g/mol. The van der Waals surface area contributed by atoms with Crippen molar-refractivity contribution in [1.29, 1.82) is 0 Å². The van der Waals surface area contributed by atoms with E-state index in [9.17, 15) is 14.7 Å². The van der Waals surface area contributed by atoms with Crippen LogP contribution in [0.25, 0.3) is 11.0 Å². The second-order valence-corrected chi connectivity index (χ2v) is 6.32. The van der Waals surface area contributed by atoms with E-state index in [0.717, 1.165) is 4.47 Å². The van der Waals surface area contributed by atoms with Gasteiger partial charge in [0.05, 0.1) is 12.0 Å². The SMILES string of the molecule is Cc1c(CC(=O)Nc2cccc(Br)c2)c(=O)oc2cc(O)ccc12. The maximum absolute atomic E-state index is 12.2. The molecular formula is C18H14BrNO4. The van der Waals surface area contributed by atoms with E-state index in [-0.39, 0.29) is 18.1 Å². The number of anilines is 1. The van der Waals surface area contributed by atoms with Gasteiger partial charge in [-0.05, 0) is 42.8 Å². The molecule has 5 nitrogen and oxygen atoms in total.